The number of anilines is 1. The molecule has 3 atom stereocenters. The Hall–Kier alpha value is -3.47. The van der Waals surface area contributed by atoms with Gasteiger partial charge in [-0.3, -0.25) is 4.79 Å². The van der Waals surface area contributed by atoms with E-state index in [1.165, 1.54) is 11.3 Å². The number of fused-ring (bicyclic) bond motifs is 3. The average Bonchev–Trinajstić information content (AvgIpc) is 3.39. The second-order valence-electron chi connectivity index (χ2n) is 11.3. The number of pyridine rings is 1. The van der Waals surface area contributed by atoms with Crippen molar-refractivity contribution in [3.05, 3.63) is 30.0 Å². The van der Waals surface area contributed by atoms with Gasteiger partial charge in [0, 0.05) is 43.7 Å². The summed E-state index contributed by atoms with van der Waals surface area (Å²) in [6.45, 7) is 5.74. The molecule has 2 aliphatic rings. The van der Waals surface area contributed by atoms with Gasteiger partial charge < -0.3 is 24.6 Å². The van der Waals surface area contributed by atoms with E-state index < -0.39 is 5.60 Å². The number of aromatic nitrogens is 3. The van der Waals surface area contributed by atoms with Gasteiger partial charge in [0.25, 0.3) is 5.91 Å². The zero-order valence-corrected chi connectivity index (χ0v) is 24.2. The zero-order chi connectivity index (χ0) is 27.9. The summed E-state index contributed by atoms with van der Waals surface area (Å²) < 4.78 is 11.4. The van der Waals surface area contributed by atoms with Crippen molar-refractivity contribution in [2.45, 2.75) is 76.6 Å². The average molecular weight is 553 g/mol. The molecule has 0 aliphatic carbocycles. The molecule has 5 rings (SSSR count). The van der Waals surface area contributed by atoms with Crippen molar-refractivity contribution in [3.63, 3.8) is 0 Å². The largest absolute Gasteiger partial charge is 0.496 e. The SMILES string of the molecule is CNC(=O)c1ccc2cc(-c3nnc(N(C)C4C[C@H]5CCC[C@@H](C4)N5C(=O)OC(C)(C)C)s3)c(OC)cc2n1. The molecular formula is C28H36N6O4S. The maximum atomic E-state index is 13.0. The second kappa shape index (κ2) is 10.6. The molecule has 0 spiro atoms. The summed E-state index contributed by atoms with van der Waals surface area (Å²) in [6.07, 6.45) is 4.67. The number of methoxy groups -OCH3 is 1. The maximum absolute atomic E-state index is 13.0. The Morgan fingerprint density at radius 2 is 1.85 bits per heavy atom. The highest BCUT2D eigenvalue weighted by Gasteiger charge is 2.44. The van der Waals surface area contributed by atoms with Crippen molar-refractivity contribution in [3.8, 4) is 16.3 Å². The van der Waals surface area contributed by atoms with Crippen LogP contribution in [0.25, 0.3) is 21.5 Å². The molecule has 1 aromatic carbocycles. The molecule has 3 aromatic rings. The van der Waals surface area contributed by atoms with Crippen molar-refractivity contribution in [1.82, 2.24) is 25.4 Å². The lowest BCUT2D eigenvalue weighted by Crippen LogP contribution is -2.59. The van der Waals surface area contributed by atoms with Crippen LogP contribution < -0.4 is 15.0 Å². The summed E-state index contributed by atoms with van der Waals surface area (Å²) >= 11 is 1.51. The molecule has 0 saturated carbocycles. The van der Waals surface area contributed by atoms with Gasteiger partial charge in [-0.2, -0.15) is 0 Å². The van der Waals surface area contributed by atoms with Crippen LogP contribution in [-0.2, 0) is 4.74 Å². The third-order valence-electron chi connectivity index (χ3n) is 7.52. The number of amides is 2. The van der Waals surface area contributed by atoms with Gasteiger partial charge in [0.15, 0.2) is 5.01 Å². The van der Waals surface area contributed by atoms with E-state index in [0.29, 0.717) is 17.0 Å². The van der Waals surface area contributed by atoms with Crippen LogP contribution in [0, 0.1) is 0 Å². The normalized spacial score (nSPS) is 21.0. The summed E-state index contributed by atoms with van der Waals surface area (Å²) in [5.41, 5.74) is 1.34. The summed E-state index contributed by atoms with van der Waals surface area (Å²) in [5, 5.41) is 14.1. The molecule has 2 aromatic heterocycles. The standard InChI is InChI=1S/C28H36N6O4S/c1-28(2,3)38-27(36)34-17-8-7-9-18(34)14-19(13-17)33(5)26-32-31-25(39-26)20-12-16-10-11-21(24(35)29-4)30-22(16)15-23(20)37-6/h10-12,15,17-19H,7-9,13-14H2,1-6H3,(H,29,35)/t17-,18+,19?. The number of carbonyl (C=O) groups excluding carboxylic acids is 2. The van der Waals surface area contributed by atoms with Crippen LogP contribution >= 0.6 is 11.3 Å². The number of hydrogen-bond acceptors (Lipinski definition) is 9. The third-order valence-corrected chi connectivity index (χ3v) is 8.57. The zero-order valence-electron chi connectivity index (χ0n) is 23.4. The number of nitrogens with zero attached hydrogens (tertiary/aromatic N) is 5. The van der Waals surface area contributed by atoms with Gasteiger partial charge in [-0.25, -0.2) is 9.78 Å². The molecule has 39 heavy (non-hydrogen) atoms. The van der Waals surface area contributed by atoms with Gasteiger partial charge in [0.1, 0.15) is 17.0 Å². The quantitative estimate of drug-likeness (QED) is 0.477. The lowest BCUT2D eigenvalue weighted by atomic mass is 9.81. The molecule has 2 fully saturated rings. The minimum absolute atomic E-state index is 0.167. The number of ether oxygens (including phenoxy) is 2. The Morgan fingerprint density at radius 3 is 2.49 bits per heavy atom. The van der Waals surface area contributed by atoms with E-state index >= 15 is 0 Å². The minimum Gasteiger partial charge on any atom is -0.496 e. The molecule has 208 valence electrons. The number of carbonyl (C=O) groups is 2. The minimum atomic E-state index is -0.506. The van der Waals surface area contributed by atoms with Gasteiger partial charge in [0.05, 0.1) is 18.2 Å². The van der Waals surface area contributed by atoms with E-state index in [9.17, 15) is 9.59 Å². The Morgan fingerprint density at radius 1 is 1.13 bits per heavy atom. The molecule has 1 N–H and O–H groups in total. The Kier molecular flexibility index (Phi) is 7.37. The highest BCUT2D eigenvalue weighted by atomic mass is 32.1. The molecule has 4 heterocycles. The fraction of sp³-hybridized carbons (Fsp3) is 0.536. The van der Waals surface area contributed by atoms with Crippen molar-refractivity contribution in [2.24, 2.45) is 0 Å². The van der Waals surface area contributed by atoms with Gasteiger partial charge >= 0.3 is 6.09 Å². The van der Waals surface area contributed by atoms with Crippen LogP contribution in [0.15, 0.2) is 24.3 Å². The van der Waals surface area contributed by atoms with Crippen LogP contribution in [0.1, 0.15) is 63.4 Å². The van der Waals surface area contributed by atoms with E-state index in [1.807, 2.05) is 43.9 Å². The molecule has 10 nitrogen and oxygen atoms in total. The number of nitrogens with one attached hydrogen (secondary N) is 1. The molecule has 0 radical (unpaired) electrons. The van der Waals surface area contributed by atoms with Crippen molar-refractivity contribution in [2.75, 3.05) is 26.1 Å². The van der Waals surface area contributed by atoms with E-state index in [1.54, 1.807) is 20.2 Å². The summed E-state index contributed by atoms with van der Waals surface area (Å²) in [7, 11) is 5.26. The number of hydrogen-bond donors (Lipinski definition) is 1. The molecule has 2 aliphatic heterocycles. The number of rotatable bonds is 5. The van der Waals surface area contributed by atoms with Crippen LogP contribution in [0.5, 0.6) is 5.75 Å². The fourth-order valence-corrected chi connectivity index (χ4v) is 6.55. The fourth-order valence-electron chi connectivity index (χ4n) is 5.65. The Bertz CT molecular complexity index is 1370. The number of benzene rings is 1. The molecule has 11 heteroatoms. The first-order valence-electron chi connectivity index (χ1n) is 13.4. The van der Waals surface area contributed by atoms with Crippen molar-refractivity contribution in [1.29, 1.82) is 0 Å². The lowest BCUT2D eigenvalue weighted by Gasteiger charge is -2.50. The molecule has 2 saturated heterocycles. The molecular weight excluding hydrogens is 516 g/mol. The monoisotopic (exact) mass is 552 g/mol. The van der Waals surface area contributed by atoms with Crippen molar-refractivity contribution >= 4 is 39.4 Å². The first-order valence-corrected chi connectivity index (χ1v) is 14.2. The second-order valence-corrected chi connectivity index (χ2v) is 12.2. The first-order chi connectivity index (χ1) is 18.6. The summed E-state index contributed by atoms with van der Waals surface area (Å²) in [4.78, 5) is 33.7. The van der Waals surface area contributed by atoms with Gasteiger partial charge in [-0.1, -0.05) is 17.4 Å². The molecule has 1 unspecified atom stereocenters. The lowest BCUT2D eigenvalue weighted by molar-refractivity contribution is -0.0213. The highest BCUT2D eigenvalue weighted by Crippen LogP contribution is 2.41. The topological polar surface area (TPSA) is 110 Å². The number of piperidine rings is 2. The van der Waals surface area contributed by atoms with Crippen LogP contribution in [0.3, 0.4) is 0 Å². The highest BCUT2D eigenvalue weighted by molar-refractivity contribution is 7.18. The third kappa shape index (κ3) is 5.50. The van der Waals surface area contributed by atoms with E-state index in [4.69, 9.17) is 9.47 Å². The van der Waals surface area contributed by atoms with Crippen LogP contribution in [-0.4, -0.2) is 77.0 Å². The van der Waals surface area contributed by atoms with Gasteiger partial charge in [0.2, 0.25) is 5.13 Å². The Balaban J connectivity index is 1.36. The predicted octanol–water partition coefficient (Wildman–Crippen LogP) is 4.88. The van der Waals surface area contributed by atoms with Crippen LogP contribution in [0.4, 0.5) is 9.93 Å². The smallest absolute Gasteiger partial charge is 0.410 e. The predicted molar refractivity (Wildman–Crippen MR) is 152 cm³/mol. The van der Waals surface area contributed by atoms with Gasteiger partial charge in [-0.15, -0.1) is 10.2 Å². The maximum Gasteiger partial charge on any atom is 0.410 e. The first kappa shape index (κ1) is 27.1. The molecule has 2 amide bonds. The van der Waals surface area contributed by atoms with E-state index in [-0.39, 0.29) is 30.1 Å². The van der Waals surface area contributed by atoms with E-state index in [0.717, 1.165) is 53.2 Å². The van der Waals surface area contributed by atoms with Crippen molar-refractivity contribution < 1.29 is 19.1 Å². The summed E-state index contributed by atoms with van der Waals surface area (Å²) in [6, 6.07) is 7.97. The summed E-state index contributed by atoms with van der Waals surface area (Å²) in [5.74, 6) is 0.382. The Labute approximate surface area is 232 Å². The van der Waals surface area contributed by atoms with Crippen LogP contribution in [0.2, 0.25) is 0 Å². The molecule has 2 bridgehead atoms. The van der Waals surface area contributed by atoms with Gasteiger partial charge in [-0.05, 0) is 65.0 Å². The van der Waals surface area contributed by atoms with E-state index in [2.05, 4.69) is 32.4 Å².